The summed E-state index contributed by atoms with van der Waals surface area (Å²) in [6.07, 6.45) is 7.77. The number of hydrogen-bond donors (Lipinski definition) is 0. The molecule has 1 aliphatic carbocycles. The van der Waals surface area contributed by atoms with Crippen molar-refractivity contribution < 1.29 is 0 Å². The van der Waals surface area contributed by atoms with Crippen molar-refractivity contribution in [3.05, 3.63) is 103 Å². The van der Waals surface area contributed by atoms with Crippen molar-refractivity contribution >= 4 is 16.9 Å². The number of fused-ring (bicyclic) bond motifs is 3. The minimum atomic E-state index is -0.0340. The smallest absolute Gasteiger partial charge is 0.0715 e. The molecule has 0 bridgehead atoms. The van der Waals surface area contributed by atoms with Gasteiger partial charge in [0.2, 0.25) is 0 Å². The maximum Gasteiger partial charge on any atom is 0.0715 e. The number of nitrogens with zero attached hydrogens (tertiary/aromatic N) is 1. The second-order valence-corrected chi connectivity index (χ2v) is 7.26. The van der Waals surface area contributed by atoms with Crippen molar-refractivity contribution in [3.63, 3.8) is 0 Å². The highest BCUT2D eigenvalue weighted by molar-refractivity contribution is 5.96. The Morgan fingerprint density at radius 1 is 0.808 bits per heavy atom. The molecule has 0 spiro atoms. The first-order valence-electron chi connectivity index (χ1n) is 9.20. The van der Waals surface area contributed by atoms with Crippen LogP contribution in [0.1, 0.15) is 18.9 Å². The average Bonchev–Trinajstić information content (AvgIpc) is 2.97. The summed E-state index contributed by atoms with van der Waals surface area (Å²) in [6.45, 7) is 2.36. The summed E-state index contributed by atoms with van der Waals surface area (Å²) < 4.78 is 0. The molecule has 0 saturated carbocycles. The van der Waals surface area contributed by atoms with Crippen molar-refractivity contribution in [2.75, 3.05) is 4.90 Å². The highest BCUT2D eigenvalue weighted by atomic mass is 15.2. The second kappa shape index (κ2) is 5.74. The van der Waals surface area contributed by atoms with Crippen LogP contribution in [0, 0.1) is 0 Å². The van der Waals surface area contributed by atoms with Gasteiger partial charge in [0, 0.05) is 16.9 Å². The molecule has 0 radical (unpaired) electrons. The van der Waals surface area contributed by atoms with Crippen LogP contribution in [0.5, 0.6) is 0 Å². The predicted molar refractivity (Wildman–Crippen MR) is 111 cm³/mol. The lowest BCUT2D eigenvalue weighted by molar-refractivity contribution is 0.607. The molecule has 3 aromatic carbocycles. The summed E-state index contributed by atoms with van der Waals surface area (Å²) in [4.78, 5) is 2.52. The molecule has 1 heterocycles. The molecule has 1 heteroatoms. The molecule has 1 aliphatic heterocycles. The number of para-hydroxylation sites is 1. The van der Waals surface area contributed by atoms with E-state index in [2.05, 4.69) is 109 Å². The van der Waals surface area contributed by atoms with Crippen LogP contribution in [0.15, 0.2) is 97.1 Å². The van der Waals surface area contributed by atoms with Gasteiger partial charge in [0.15, 0.2) is 0 Å². The van der Waals surface area contributed by atoms with Crippen molar-refractivity contribution in [1.29, 1.82) is 0 Å². The van der Waals surface area contributed by atoms with Gasteiger partial charge in [0.25, 0.3) is 0 Å². The first-order valence-corrected chi connectivity index (χ1v) is 9.20. The number of hydrogen-bond acceptors (Lipinski definition) is 1. The lowest BCUT2D eigenvalue weighted by Crippen LogP contribution is -2.40. The second-order valence-electron chi connectivity index (χ2n) is 7.26. The van der Waals surface area contributed by atoms with E-state index in [9.17, 15) is 0 Å². The van der Waals surface area contributed by atoms with E-state index >= 15 is 0 Å². The first kappa shape index (κ1) is 15.2. The standard InChI is InChI=1S/C25H21N/c1-25-17-8-7-15-23(25)22-14-5-6-16-24(22)26(25)21-13-9-12-20(18-21)19-10-3-2-4-11-19/h2-16,18H,17H2,1H3. The minimum Gasteiger partial charge on any atom is -0.331 e. The molecular formula is C25H21N. The van der Waals surface area contributed by atoms with Crippen LogP contribution in [0.4, 0.5) is 11.4 Å². The Morgan fingerprint density at radius 3 is 2.46 bits per heavy atom. The van der Waals surface area contributed by atoms with Crippen LogP contribution in [0.2, 0.25) is 0 Å². The lowest BCUT2D eigenvalue weighted by Gasteiger charge is -2.39. The molecule has 1 nitrogen and oxygen atoms in total. The van der Waals surface area contributed by atoms with Gasteiger partial charge in [0.1, 0.15) is 0 Å². The fourth-order valence-corrected chi connectivity index (χ4v) is 4.38. The molecule has 0 N–H and O–H groups in total. The van der Waals surface area contributed by atoms with Crippen molar-refractivity contribution in [2.24, 2.45) is 0 Å². The Bertz CT molecular complexity index is 1030. The predicted octanol–water partition coefficient (Wildman–Crippen LogP) is 6.61. The van der Waals surface area contributed by atoms with Crippen LogP contribution >= 0.6 is 0 Å². The van der Waals surface area contributed by atoms with Gasteiger partial charge in [-0.3, -0.25) is 0 Å². The third-order valence-electron chi connectivity index (χ3n) is 5.63. The summed E-state index contributed by atoms with van der Waals surface area (Å²) in [5, 5.41) is 0. The zero-order chi connectivity index (χ0) is 17.6. The lowest BCUT2D eigenvalue weighted by atomic mass is 9.83. The van der Waals surface area contributed by atoms with E-state index in [1.807, 2.05) is 0 Å². The quantitative estimate of drug-likeness (QED) is 0.509. The summed E-state index contributed by atoms with van der Waals surface area (Å²) in [7, 11) is 0. The molecule has 5 rings (SSSR count). The molecule has 0 amide bonds. The van der Waals surface area contributed by atoms with Gasteiger partial charge < -0.3 is 4.90 Å². The Labute approximate surface area is 154 Å². The number of anilines is 2. The van der Waals surface area contributed by atoms with Gasteiger partial charge in [-0.2, -0.15) is 0 Å². The molecule has 0 fully saturated rings. The number of benzene rings is 3. The van der Waals surface area contributed by atoms with Gasteiger partial charge in [-0.15, -0.1) is 0 Å². The van der Waals surface area contributed by atoms with Crippen LogP contribution in [-0.2, 0) is 0 Å². The maximum absolute atomic E-state index is 2.52. The average molecular weight is 335 g/mol. The van der Waals surface area contributed by atoms with E-state index in [-0.39, 0.29) is 5.54 Å². The molecular weight excluding hydrogens is 314 g/mol. The normalized spacial score (nSPS) is 20.5. The topological polar surface area (TPSA) is 3.24 Å². The third kappa shape index (κ3) is 2.17. The summed E-state index contributed by atoms with van der Waals surface area (Å²) in [5.74, 6) is 0. The molecule has 2 aliphatic rings. The largest absolute Gasteiger partial charge is 0.331 e. The Balaban J connectivity index is 1.69. The van der Waals surface area contributed by atoms with E-state index in [0.29, 0.717) is 0 Å². The van der Waals surface area contributed by atoms with Crippen molar-refractivity contribution in [1.82, 2.24) is 0 Å². The van der Waals surface area contributed by atoms with E-state index in [1.165, 1.54) is 33.6 Å². The van der Waals surface area contributed by atoms with E-state index in [1.54, 1.807) is 0 Å². The number of allylic oxidation sites excluding steroid dienone is 2. The Hall–Kier alpha value is -3.06. The summed E-state index contributed by atoms with van der Waals surface area (Å²) >= 11 is 0. The minimum absolute atomic E-state index is 0.0340. The molecule has 26 heavy (non-hydrogen) atoms. The molecule has 126 valence electrons. The van der Waals surface area contributed by atoms with Crippen molar-refractivity contribution in [2.45, 2.75) is 18.9 Å². The summed E-state index contributed by atoms with van der Waals surface area (Å²) in [5.41, 5.74) is 7.80. The highest BCUT2D eigenvalue weighted by Gasteiger charge is 2.44. The van der Waals surface area contributed by atoms with E-state index < -0.39 is 0 Å². The first-order chi connectivity index (χ1) is 12.8. The SMILES string of the molecule is CC12CC=CC=C1c1ccccc1N2c1cccc(-c2ccccc2)c1. The van der Waals surface area contributed by atoms with E-state index in [0.717, 1.165) is 6.42 Å². The van der Waals surface area contributed by atoms with Gasteiger partial charge in [-0.1, -0.05) is 78.9 Å². The van der Waals surface area contributed by atoms with Crippen molar-refractivity contribution in [3.8, 4) is 11.1 Å². The highest BCUT2D eigenvalue weighted by Crippen LogP contribution is 2.53. The van der Waals surface area contributed by atoms with Crippen LogP contribution in [0.25, 0.3) is 16.7 Å². The maximum atomic E-state index is 2.52. The van der Waals surface area contributed by atoms with Crippen LogP contribution in [-0.4, -0.2) is 5.54 Å². The van der Waals surface area contributed by atoms with Crippen LogP contribution < -0.4 is 4.90 Å². The molecule has 1 unspecified atom stereocenters. The summed E-state index contributed by atoms with van der Waals surface area (Å²) in [6, 6.07) is 28.3. The monoisotopic (exact) mass is 335 g/mol. The fourth-order valence-electron chi connectivity index (χ4n) is 4.38. The van der Waals surface area contributed by atoms with Crippen LogP contribution in [0.3, 0.4) is 0 Å². The molecule has 0 aromatic heterocycles. The van der Waals surface area contributed by atoms with Gasteiger partial charge in [0.05, 0.1) is 5.54 Å². The Morgan fingerprint density at radius 2 is 1.58 bits per heavy atom. The zero-order valence-corrected chi connectivity index (χ0v) is 14.9. The fraction of sp³-hybridized carbons (Fsp3) is 0.120. The van der Waals surface area contributed by atoms with Gasteiger partial charge >= 0.3 is 0 Å². The third-order valence-corrected chi connectivity index (χ3v) is 5.63. The Kier molecular flexibility index (Phi) is 3.36. The van der Waals surface area contributed by atoms with E-state index in [4.69, 9.17) is 0 Å². The molecule has 1 atom stereocenters. The molecule has 3 aromatic rings. The zero-order valence-electron chi connectivity index (χ0n) is 14.9. The van der Waals surface area contributed by atoms with Gasteiger partial charge in [-0.25, -0.2) is 0 Å². The molecule has 0 saturated heterocycles. The number of rotatable bonds is 2. The van der Waals surface area contributed by atoms with Gasteiger partial charge in [-0.05, 0) is 48.2 Å².